The summed E-state index contributed by atoms with van der Waals surface area (Å²) in [6.07, 6.45) is 0. The lowest BCUT2D eigenvalue weighted by Gasteiger charge is -2.08. The Morgan fingerprint density at radius 1 is 0.897 bits per heavy atom. The zero-order valence-electron chi connectivity index (χ0n) is 15.7. The third-order valence-corrected chi connectivity index (χ3v) is 4.48. The first-order valence-corrected chi connectivity index (χ1v) is 9.04. The Labute approximate surface area is 166 Å². The summed E-state index contributed by atoms with van der Waals surface area (Å²) in [6.45, 7) is 0.274. The molecule has 1 heterocycles. The monoisotopic (exact) mass is 386 g/mol. The Bertz CT molecular complexity index is 1230. The van der Waals surface area contributed by atoms with Gasteiger partial charge in [0.05, 0.1) is 13.7 Å². The number of hydrogen-bond donors (Lipinski definition) is 0. The normalized spacial score (nSPS) is 10.7. The fourth-order valence-electron chi connectivity index (χ4n) is 2.98. The van der Waals surface area contributed by atoms with E-state index in [4.69, 9.17) is 9.47 Å². The third-order valence-electron chi connectivity index (χ3n) is 4.48. The average Bonchev–Trinajstić information content (AvgIpc) is 2.75. The van der Waals surface area contributed by atoms with Crippen molar-refractivity contribution in [1.29, 1.82) is 0 Å². The molecule has 0 saturated heterocycles. The van der Waals surface area contributed by atoms with Gasteiger partial charge in [-0.1, -0.05) is 42.5 Å². The number of esters is 1. The molecule has 6 nitrogen and oxygen atoms in total. The number of carbonyl (C=O) groups is 1. The second-order valence-corrected chi connectivity index (χ2v) is 6.46. The van der Waals surface area contributed by atoms with E-state index in [-0.39, 0.29) is 17.8 Å². The van der Waals surface area contributed by atoms with E-state index >= 15 is 0 Å². The van der Waals surface area contributed by atoms with Crippen LogP contribution in [0.25, 0.3) is 10.8 Å². The zero-order valence-corrected chi connectivity index (χ0v) is 15.7. The molecular formula is C23H18N2O4. The quantitative estimate of drug-likeness (QED) is 0.387. The van der Waals surface area contributed by atoms with E-state index in [2.05, 4.69) is 5.10 Å². The summed E-state index contributed by atoms with van der Waals surface area (Å²) < 4.78 is 12.0. The number of aromatic nitrogens is 2. The van der Waals surface area contributed by atoms with Crippen molar-refractivity contribution in [3.8, 4) is 11.5 Å². The van der Waals surface area contributed by atoms with Crippen LogP contribution in [-0.2, 0) is 6.54 Å². The van der Waals surface area contributed by atoms with Crippen LogP contribution in [0.2, 0.25) is 0 Å². The van der Waals surface area contributed by atoms with Crippen LogP contribution in [0.4, 0.5) is 0 Å². The summed E-state index contributed by atoms with van der Waals surface area (Å²) >= 11 is 0. The summed E-state index contributed by atoms with van der Waals surface area (Å²) in [6, 6.07) is 23.1. The summed E-state index contributed by atoms with van der Waals surface area (Å²) in [5, 5.41) is 6.05. The molecule has 0 radical (unpaired) electrons. The minimum absolute atomic E-state index is 0.0614. The highest BCUT2D eigenvalue weighted by molar-refractivity contribution is 5.90. The first kappa shape index (κ1) is 18.4. The first-order valence-electron chi connectivity index (χ1n) is 9.04. The molecule has 0 atom stereocenters. The summed E-state index contributed by atoms with van der Waals surface area (Å²) in [5.41, 5.74) is 0.686. The minimum Gasteiger partial charge on any atom is -0.497 e. The predicted molar refractivity (Wildman–Crippen MR) is 109 cm³/mol. The Hall–Kier alpha value is -3.93. The maximum atomic E-state index is 12.6. The molecule has 0 spiro atoms. The van der Waals surface area contributed by atoms with Crippen molar-refractivity contribution < 1.29 is 14.3 Å². The van der Waals surface area contributed by atoms with Gasteiger partial charge < -0.3 is 9.47 Å². The lowest BCUT2D eigenvalue weighted by molar-refractivity contribution is 0.0726. The van der Waals surface area contributed by atoms with Gasteiger partial charge in [0.2, 0.25) is 0 Å². The molecule has 0 amide bonds. The summed E-state index contributed by atoms with van der Waals surface area (Å²) in [7, 11) is 1.60. The van der Waals surface area contributed by atoms with E-state index in [1.54, 1.807) is 19.2 Å². The first-order chi connectivity index (χ1) is 14.1. The van der Waals surface area contributed by atoms with Gasteiger partial charge in [-0.3, -0.25) is 4.79 Å². The maximum Gasteiger partial charge on any atom is 0.364 e. The van der Waals surface area contributed by atoms with Crippen LogP contribution < -0.4 is 15.0 Å². The van der Waals surface area contributed by atoms with Crippen LogP contribution in [0.1, 0.15) is 16.1 Å². The molecule has 0 aliphatic heterocycles. The molecule has 144 valence electrons. The van der Waals surface area contributed by atoms with Gasteiger partial charge in [0.25, 0.3) is 5.56 Å². The summed E-state index contributed by atoms with van der Waals surface area (Å²) in [4.78, 5) is 24.7. The van der Waals surface area contributed by atoms with Crippen LogP contribution in [0, 0.1) is 0 Å². The fourth-order valence-corrected chi connectivity index (χ4v) is 2.98. The molecule has 0 aliphatic rings. The van der Waals surface area contributed by atoms with Crippen molar-refractivity contribution in [1.82, 2.24) is 9.78 Å². The number of ether oxygens (including phenoxy) is 2. The molecule has 0 saturated carbocycles. The van der Waals surface area contributed by atoms with Crippen molar-refractivity contribution in [2.75, 3.05) is 7.11 Å². The molecule has 0 fully saturated rings. The van der Waals surface area contributed by atoms with Gasteiger partial charge in [-0.25, -0.2) is 9.48 Å². The van der Waals surface area contributed by atoms with Gasteiger partial charge in [0.1, 0.15) is 11.5 Å². The molecule has 0 aliphatic carbocycles. The molecule has 0 N–H and O–H groups in total. The van der Waals surface area contributed by atoms with Crippen LogP contribution in [0.15, 0.2) is 83.7 Å². The maximum absolute atomic E-state index is 12.6. The van der Waals surface area contributed by atoms with Crippen LogP contribution >= 0.6 is 0 Å². The smallest absolute Gasteiger partial charge is 0.364 e. The van der Waals surface area contributed by atoms with E-state index in [1.807, 2.05) is 54.6 Å². The van der Waals surface area contributed by atoms with Crippen molar-refractivity contribution >= 4 is 16.7 Å². The number of carbonyl (C=O) groups excluding carboxylic acids is 1. The van der Waals surface area contributed by atoms with Gasteiger partial charge in [0, 0.05) is 6.07 Å². The Morgan fingerprint density at radius 2 is 1.62 bits per heavy atom. The zero-order chi connectivity index (χ0) is 20.2. The molecule has 29 heavy (non-hydrogen) atoms. The molecule has 6 heteroatoms. The third kappa shape index (κ3) is 4.16. The van der Waals surface area contributed by atoms with Crippen LogP contribution in [0.5, 0.6) is 11.5 Å². The average molecular weight is 386 g/mol. The Balaban J connectivity index is 1.57. The number of hydrogen-bond acceptors (Lipinski definition) is 5. The molecular weight excluding hydrogens is 368 g/mol. The number of nitrogens with zero attached hydrogens (tertiary/aromatic N) is 2. The molecule has 4 aromatic rings. The number of rotatable bonds is 5. The molecule has 4 rings (SSSR count). The van der Waals surface area contributed by atoms with Crippen molar-refractivity contribution in [3.05, 3.63) is 100 Å². The van der Waals surface area contributed by atoms with Crippen LogP contribution in [0.3, 0.4) is 0 Å². The van der Waals surface area contributed by atoms with Crippen molar-refractivity contribution in [3.63, 3.8) is 0 Å². The highest BCUT2D eigenvalue weighted by Crippen LogP contribution is 2.25. The molecule has 1 aromatic heterocycles. The topological polar surface area (TPSA) is 70.4 Å². The number of benzene rings is 3. The van der Waals surface area contributed by atoms with Crippen molar-refractivity contribution in [2.24, 2.45) is 0 Å². The predicted octanol–water partition coefficient (Wildman–Crippen LogP) is 3.67. The van der Waals surface area contributed by atoms with Crippen molar-refractivity contribution in [2.45, 2.75) is 6.54 Å². The standard InChI is InChI=1S/C23H18N2O4/c1-28-19-9-7-17-8-10-20(14-18(17)13-19)29-23(27)21-11-12-22(26)25(24-21)15-16-5-3-2-4-6-16/h2-14H,15H2,1H3. The largest absolute Gasteiger partial charge is 0.497 e. The van der Waals surface area contributed by atoms with Gasteiger partial charge in [-0.05, 0) is 46.7 Å². The van der Waals surface area contributed by atoms with E-state index < -0.39 is 5.97 Å². The lowest BCUT2D eigenvalue weighted by Crippen LogP contribution is -2.26. The Kier molecular flexibility index (Phi) is 5.07. The second-order valence-electron chi connectivity index (χ2n) is 6.46. The number of fused-ring (bicyclic) bond motifs is 1. The van der Waals surface area contributed by atoms with Gasteiger partial charge >= 0.3 is 5.97 Å². The highest BCUT2D eigenvalue weighted by atomic mass is 16.5. The summed E-state index contributed by atoms with van der Waals surface area (Å²) in [5.74, 6) is 0.475. The van der Waals surface area contributed by atoms with Crippen LogP contribution in [-0.4, -0.2) is 22.9 Å². The van der Waals surface area contributed by atoms with Gasteiger partial charge in [-0.15, -0.1) is 0 Å². The Morgan fingerprint density at radius 3 is 2.38 bits per heavy atom. The second kappa shape index (κ2) is 7.98. The fraction of sp³-hybridized carbons (Fsp3) is 0.0870. The van der Waals surface area contributed by atoms with E-state index in [1.165, 1.54) is 16.8 Å². The van der Waals surface area contributed by atoms with E-state index in [0.717, 1.165) is 22.1 Å². The SMILES string of the molecule is COc1ccc2ccc(OC(=O)c3ccc(=O)n(Cc4ccccc4)n3)cc2c1. The molecule has 3 aromatic carbocycles. The van der Waals surface area contributed by atoms with Gasteiger partial charge in [-0.2, -0.15) is 5.10 Å². The number of methoxy groups -OCH3 is 1. The molecule has 0 bridgehead atoms. The highest BCUT2D eigenvalue weighted by Gasteiger charge is 2.13. The van der Waals surface area contributed by atoms with Gasteiger partial charge in [0.15, 0.2) is 5.69 Å². The van der Waals surface area contributed by atoms with E-state index in [0.29, 0.717) is 5.75 Å². The minimum atomic E-state index is -0.631. The van der Waals surface area contributed by atoms with E-state index in [9.17, 15) is 9.59 Å². The molecule has 0 unspecified atom stereocenters. The lowest BCUT2D eigenvalue weighted by atomic mass is 10.1.